The molecule has 0 unspecified atom stereocenters. The average molecular weight is 354 g/mol. The van der Waals surface area contributed by atoms with Gasteiger partial charge in [-0.2, -0.15) is 0 Å². The molecule has 2 rings (SSSR count). The van der Waals surface area contributed by atoms with Gasteiger partial charge in [0.15, 0.2) is 8.32 Å². The Bertz CT molecular complexity index is 577. The van der Waals surface area contributed by atoms with Crippen LogP contribution in [0.3, 0.4) is 0 Å². The number of nitrogens with one attached hydrogen (secondary N) is 1. The van der Waals surface area contributed by atoms with E-state index in [9.17, 15) is 4.79 Å². The molecule has 0 spiro atoms. The molecule has 0 saturated heterocycles. The number of carbonyl (C=O) groups excluding carboxylic acids is 1. The van der Waals surface area contributed by atoms with Crippen molar-refractivity contribution in [3.63, 3.8) is 0 Å². The second-order valence-electron chi connectivity index (χ2n) is 7.97. The molecule has 0 bridgehead atoms. The fraction of sp³-hybridized carbons (Fsp3) is 0.611. The molecule has 0 radical (unpaired) electrons. The lowest BCUT2D eigenvalue weighted by Gasteiger charge is -2.36. The van der Waals surface area contributed by atoms with Crippen LogP contribution in [0.5, 0.6) is 0 Å². The number of hydrogen-bond donors (Lipinski definition) is 1. The molecule has 1 aliphatic rings. The third kappa shape index (κ3) is 5.06. The molecule has 1 aliphatic carbocycles. The Balaban J connectivity index is 1.98. The van der Waals surface area contributed by atoms with Crippen LogP contribution in [0.15, 0.2) is 18.2 Å². The minimum atomic E-state index is -1.80. The second-order valence-corrected chi connectivity index (χ2v) is 13.2. The predicted molar refractivity (Wildman–Crippen MR) is 98.0 cm³/mol. The van der Waals surface area contributed by atoms with Gasteiger partial charge in [-0.1, -0.05) is 44.5 Å². The summed E-state index contributed by atoms with van der Waals surface area (Å²) in [4.78, 5) is 11.7. The van der Waals surface area contributed by atoms with E-state index in [1.54, 1.807) is 0 Å². The van der Waals surface area contributed by atoms with E-state index in [4.69, 9.17) is 16.0 Å². The van der Waals surface area contributed by atoms with E-state index in [-0.39, 0.29) is 16.9 Å². The highest BCUT2D eigenvalue weighted by Crippen LogP contribution is 2.37. The van der Waals surface area contributed by atoms with Crippen molar-refractivity contribution < 1.29 is 9.22 Å². The fourth-order valence-electron chi connectivity index (χ4n) is 2.00. The van der Waals surface area contributed by atoms with Crippen molar-refractivity contribution >= 4 is 25.8 Å². The van der Waals surface area contributed by atoms with Crippen LogP contribution in [-0.2, 0) is 22.4 Å². The van der Waals surface area contributed by atoms with Gasteiger partial charge < -0.3 is 9.74 Å². The summed E-state index contributed by atoms with van der Waals surface area (Å²) in [7, 11) is -1.80. The van der Waals surface area contributed by atoms with Crippen LogP contribution >= 0.6 is 11.6 Å². The predicted octanol–water partition coefficient (Wildman–Crippen LogP) is 4.89. The zero-order valence-electron chi connectivity index (χ0n) is 14.8. The van der Waals surface area contributed by atoms with Gasteiger partial charge in [0.05, 0.1) is 6.61 Å². The van der Waals surface area contributed by atoms with Gasteiger partial charge in [0, 0.05) is 17.5 Å². The highest BCUT2D eigenvalue weighted by Gasteiger charge is 2.37. The van der Waals surface area contributed by atoms with E-state index in [2.05, 4.69) is 39.2 Å². The molecule has 1 amide bonds. The van der Waals surface area contributed by atoms with Crippen LogP contribution in [0.4, 0.5) is 0 Å². The first-order chi connectivity index (χ1) is 10.6. The summed E-state index contributed by atoms with van der Waals surface area (Å²) in [6.07, 6.45) is 2.05. The first kappa shape index (κ1) is 18.5. The van der Waals surface area contributed by atoms with Crippen LogP contribution in [0.2, 0.25) is 23.2 Å². The molecule has 0 aromatic heterocycles. The number of rotatable bonds is 6. The molecule has 3 nitrogen and oxygen atoms in total. The first-order valence-corrected chi connectivity index (χ1v) is 11.6. The molecular formula is C18H28ClNO2Si. The maximum absolute atomic E-state index is 11.7. The lowest BCUT2D eigenvalue weighted by molar-refractivity contribution is -0.122. The van der Waals surface area contributed by atoms with Gasteiger partial charge >= 0.3 is 0 Å². The summed E-state index contributed by atoms with van der Waals surface area (Å²) in [5, 5.41) is 3.89. The number of carbonyl (C=O) groups is 1. The summed E-state index contributed by atoms with van der Waals surface area (Å²) in [5.74, 6) is 0.405. The lowest BCUT2D eigenvalue weighted by Crippen LogP contribution is -2.40. The van der Waals surface area contributed by atoms with Gasteiger partial charge in [0.2, 0.25) is 5.91 Å². The average Bonchev–Trinajstić information content (AvgIpc) is 3.28. The van der Waals surface area contributed by atoms with E-state index < -0.39 is 8.32 Å². The molecule has 1 aromatic rings. The number of hydrogen-bond acceptors (Lipinski definition) is 2. The smallest absolute Gasteiger partial charge is 0.223 e. The van der Waals surface area contributed by atoms with E-state index in [0.29, 0.717) is 13.2 Å². The van der Waals surface area contributed by atoms with Crippen LogP contribution < -0.4 is 5.32 Å². The zero-order valence-corrected chi connectivity index (χ0v) is 16.6. The molecular weight excluding hydrogens is 326 g/mol. The minimum Gasteiger partial charge on any atom is -0.413 e. The van der Waals surface area contributed by atoms with Crippen molar-refractivity contribution in [1.82, 2.24) is 5.32 Å². The normalized spacial score (nSPS) is 15.6. The zero-order chi connectivity index (χ0) is 17.3. The Morgan fingerprint density at radius 1 is 1.35 bits per heavy atom. The van der Waals surface area contributed by atoms with E-state index in [1.165, 1.54) is 0 Å². The van der Waals surface area contributed by atoms with Gasteiger partial charge in [-0.25, -0.2) is 0 Å². The molecule has 23 heavy (non-hydrogen) atoms. The minimum absolute atomic E-state index is 0.166. The van der Waals surface area contributed by atoms with Gasteiger partial charge in [-0.3, -0.25) is 4.79 Å². The Hall–Kier alpha value is -0.843. The second kappa shape index (κ2) is 6.95. The molecule has 1 aromatic carbocycles. The standard InChI is InChI=1S/C18H28ClNO2Si/c1-18(2,3)23(4,5)22-12-15-10-13(6-9-16(15)19)11-20-17(21)14-7-8-14/h6,9-10,14H,7-8,11-12H2,1-5H3,(H,20,21). The van der Waals surface area contributed by atoms with E-state index in [1.807, 2.05) is 18.2 Å². The van der Waals surface area contributed by atoms with Gasteiger partial charge in [0.1, 0.15) is 0 Å². The number of amides is 1. The fourth-order valence-corrected chi connectivity index (χ4v) is 3.12. The maximum Gasteiger partial charge on any atom is 0.223 e. The Kier molecular flexibility index (Phi) is 5.59. The lowest BCUT2D eigenvalue weighted by atomic mass is 10.1. The largest absolute Gasteiger partial charge is 0.413 e. The van der Waals surface area contributed by atoms with Crippen molar-refractivity contribution in [2.45, 2.75) is 64.9 Å². The van der Waals surface area contributed by atoms with Crippen molar-refractivity contribution in [3.05, 3.63) is 34.3 Å². The Labute approximate surface area is 145 Å². The molecule has 0 heterocycles. The SMILES string of the molecule is CC(C)(C)[Si](C)(C)OCc1cc(CNC(=O)C2CC2)ccc1Cl. The molecule has 1 fully saturated rings. The molecule has 0 atom stereocenters. The molecule has 0 aliphatic heterocycles. The summed E-state index contributed by atoms with van der Waals surface area (Å²) in [6.45, 7) is 12.2. The molecule has 5 heteroatoms. The number of halogens is 1. The van der Waals surface area contributed by atoms with Crippen molar-refractivity contribution in [1.29, 1.82) is 0 Å². The highest BCUT2D eigenvalue weighted by atomic mass is 35.5. The van der Waals surface area contributed by atoms with Gasteiger partial charge in [-0.15, -0.1) is 0 Å². The molecule has 128 valence electrons. The first-order valence-electron chi connectivity index (χ1n) is 8.29. The quantitative estimate of drug-likeness (QED) is 0.739. The Morgan fingerprint density at radius 3 is 2.57 bits per heavy atom. The summed E-state index contributed by atoms with van der Waals surface area (Å²) in [6, 6.07) is 5.90. The molecule has 1 N–H and O–H groups in total. The summed E-state index contributed by atoms with van der Waals surface area (Å²) in [5.41, 5.74) is 2.06. The number of benzene rings is 1. The van der Waals surface area contributed by atoms with Crippen LogP contribution in [0.1, 0.15) is 44.7 Å². The third-order valence-corrected chi connectivity index (χ3v) is 9.77. The summed E-state index contributed by atoms with van der Waals surface area (Å²) >= 11 is 6.31. The van der Waals surface area contributed by atoms with Crippen molar-refractivity contribution in [2.75, 3.05) is 0 Å². The highest BCUT2D eigenvalue weighted by molar-refractivity contribution is 6.74. The Morgan fingerprint density at radius 2 is 2.00 bits per heavy atom. The monoisotopic (exact) mass is 353 g/mol. The van der Waals surface area contributed by atoms with Crippen molar-refractivity contribution in [3.8, 4) is 0 Å². The topological polar surface area (TPSA) is 38.3 Å². The maximum atomic E-state index is 11.7. The summed E-state index contributed by atoms with van der Waals surface area (Å²) < 4.78 is 6.26. The van der Waals surface area contributed by atoms with E-state index in [0.717, 1.165) is 29.0 Å². The van der Waals surface area contributed by atoms with Crippen LogP contribution in [0, 0.1) is 5.92 Å². The van der Waals surface area contributed by atoms with Crippen LogP contribution in [-0.4, -0.2) is 14.2 Å². The van der Waals surface area contributed by atoms with Crippen molar-refractivity contribution in [2.24, 2.45) is 5.92 Å². The van der Waals surface area contributed by atoms with E-state index >= 15 is 0 Å². The van der Waals surface area contributed by atoms with Gasteiger partial charge in [-0.05, 0) is 48.2 Å². The van der Waals surface area contributed by atoms with Crippen LogP contribution in [0.25, 0.3) is 0 Å². The van der Waals surface area contributed by atoms with Gasteiger partial charge in [0.25, 0.3) is 0 Å². The third-order valence-electron chi connectivity index (χ3n) is 4.92. The molecule has 1 saturated carbocycles.